The van der Waals surface area contributed by atoms with Crippen LogP contribution >= 0.6 is 0 Å². The number of anilines is 1. The van der Waals surface area contributed by atoms with Crippen LogP contribution in [-0.2, 0) is 20.9 Å². The average Bonchev–Trinajstić information content (AvgIpc) is 2.74. The summed E-state index contributed by atoms with van der Waals surface area (Å²) in [5, 5.41) is 3.21. The molecule has 0 saturated carbocycles. The summed E-state index contributed by atoms with van der Waals surface area (Å²) in [5.74, 6) is -0.653. The van der Waals surface area contributed by atoms with Crippen LogP contribution < -0.4 is 16.8 Å². The lowest BCUT2D eigenvalue weighted by molar-refractivity contribution is -0.139. The van der Waals surface area contributed by atoms with E-state index in [-0.39, 0.29) is 30.0 Å². The first-order chi connectivity index (χ1) is 14.4. The van der Waals surface area contributed by atoms with Gasteiger partial charge < -0.3 is 31.2 Å². The summed E-state index contributed by atoms with van der Waals surface area (Å²) in [6.45, 7) is 2.29. The van der Waals surface area contributed by atoms with Crippen molar-refractivity contribution in [1.29, 1.82) is 0 Å². The molecule has 0 unspecified atom stereocenters. The predicted octanol–water partition coefficient (Wildman–Crippen LogP) is 1.57. The maximum atomic E-state index is 14.8. The van der Waals surface area contributed by atoms with Crippen LogP contribution in [0.4, 0.5) is 14.9 Å². The summed E-state index contributed by atoms with van der Waals surface area (Å²) in [6, 6.07) is 4.89. The highest BCUT2D eigenvalue weighted by Crippen LogP contribution is 2.24. The first-order valence-electron chi connectivity index (χ1n) is 10.1. The van der Waals surface area contributed by atoms with Crippen molar-refractivity contribution in [2.24, 2.45) is 22.4 Å². The first kappa shape index (κ1) is 21.8. The molecule has 164 valence electrons. The Labute approximate surface area is 174 Å². The molecule has 0 radical (unpaired) electrons. The van der Waals surface area contributed by atoms with Crippen LogP contribution in [0.2, 0.25) is 0 Å². The van der Waals surface area contributed by atoms with Gasteiger partial charge in [-0.25, -0.2) is 9.18 Å². The zero-order valence-electron chi connectivity index (χ0n) is 16.8. The molecule has 0 atom stereocenters. The van der Waals surface area contributed by atoms with Crippen LogP contribution in [0.25, 0.3) is 0 Å². The van der Waals surface area contributed by atoms with Gasteiger partial charge in [-0.05, 0) is 31.7 Å². The van der Waals surface area contributed by atoms with E-state index >= 15 is 0 Å². The van der Waals surface area contributed by atoms with E-state index in [1.807, 2.05) is 4.90 Å². The number of nitrogens with one attached hydrogen (secondary N) is 1. The molecule has 3 rings (SSSR count). The molecule has 0 aromatic heterocycles. The van der Waals surface area contributed by atoms with Crippen molar-refractivity contribution in [3.05, 3.63) is 29.6 Å². The van der Waals surface area contributed by atoms with Crippen molar-refractivity contribution in [3.8, 4) is 0 Å². The molecule has 5 N–H and O–H groups in total. The van der Waals surface area contributed by atoms with Crippen LogP contribution in [-0.4, -0.2) is 55.2 Å². The fourth-order valence-corrected chi connectivity index (χ4v) is 3.75. The lowest BCUT2D eigenvalue weighted by Crippen LogP contribution is -2.45. The number of aliphatic imine (C=N–C) groups is 1. The van der Waals surface area contributed by atoms with Crippen molar-refractivity contribution in [1.82, 2.24) is 4.90 Å². The monoisotopic (exact) mass is 421 g/mol. The minimum absolute atomic E-state index is 0.0534. The smallest absolute Gasteiger partial charge is 0.437 e. The van der Waals surface area contributed by atoms with E-state index in [0.717, 1.165) is 25.7 Å². The summed E-state index contributed by atoms with van der Waals surface area (Å²) in [6.07, 6.45) is 2.05. The van der Waals surface area contributed by atoms with E-state index in [2.05, 4.69) is 10.3 Å². The second-order valence-corrected chi connectivity index (χ2v) is 7.50. The molecule has 1 aromatic rings. The van der Waals surface area contributed by atoms with Crippen molar-refractivity contribution < 1.29 is 23.5 Å². The summed E-state index contributed by atoms with van der Waals surface area (Å²) in [5.41, 5.74) is 10.8. The average molecular weight is 421 g/mol. The maximum Gasteiger partial charge on any atom is 0.437 e. The minimum Gasteiger partial charge on any atom is -0.443 e. The van der Waals surface area contributed by atoms with Gasteiger partial charge in [0, 0.05) is 43.8 Å². The number of nitrogens with zero attached hydrogens (tertiary/aromatic N) is 2. The number of carbonyl (C=O) groups is 2. The quantitative estimate of drug-likeness (QED) is 0.485. The van der Waals surface area contributed by atoms with Crippen LogP contribution in [0, 0.1) is 11.7 Å². The number of ether oxygens (including phenoxy) is 2. The minimum atomic E-state index is -0.977. The second-order valence-electron chi connectivity index (χ2n) is 7.50. The Bertz CT molecular complexity index is 785. The highest BCUT2D eigenvalue weighted by molar-refractivity contribution is 5.87. The third-order valence-corrected chi connectivity index (χ3v) is 5.39. The molecule has 9 nitrogen and oxygen atoms in total. The number of benzene rings is 1. The number of carbonyl (C=O) groups excluding carboxylic acids is 2. The van der Waals surface area contributed by atoms with Gasteiger partial charge in [0.15, 0.2) is 11.8 Å². The fourth-order valence-electron chi connectivity index (χ4n) is 3.75. The fraction of sp³-hybridized carbons (Fsp3) is 0.550. The SMILES string of the molecule is NC(N)=NC(=O)OCc1cccc(NC2CCN(C(=O)C3CCOCC3)CC2)c1F. The molecule has 0 bridgehead atoms. The third-order valence-electron chi connectivity index (χ3n) is 5.39. The molecule has 1 aromatic carbocycles. The number of amides is 2. The van der Waals surface area contributed by atoms with Gasteiger partial charge in [0.1, 0.15) is 6.61 Å². The maximum absolute atomic E-state index is 14.8. The largest absolute Gasteiger partial charge is 0.443 e. The highest BCUT2D eigenvalue weighted by Gasteiger charge is 2.29. The molecule has 2 fully saturated rings. The number of rotatable bonds is 5. The molecule has 2 aliphatic heterocycles. The molecule has 10 heteroatoms. The van der Waals surface area contributed by atoms with Crippen LogP contribution in [0.3, 0.4) is 0 Å². The van der Waals surface area contributed by atoms with E-state index in [0.29, 0.717) is 32.0 Å². The zero-order valence-corrected chi connectivity index (χ0v) is 16.8. The Balaban J connectivity index is 1.51. The highest BCUT2D eigenvalue weighted by atomic mass is 19.1. The number of likely N-dealkylation sites (tertiary alicyclic amines) is 1. The number of piperidine rings is 1. The molecule has 2 saturated heterocycles. The van der Waals surface area contributed by atoms with Crippen LogP contribution in [0.5, 0.6) is 0 Å². The van der Waals surface area contributed by atoms with Crippen molar-refractivity contribution in [3.63, 3.8) is 0 Å². The molecule has 0 spiro atoms. The van der Waals surface area contributed by atoms with Gasteiger partial charge in [0.2, 0.25) is 5.91 Å². The number of halogens is 1. The summed E-state index contributed by atoms with van der Waals surface area (Å²) >= 11 is 0. The number of hydrogen-bond acceptors (Lipinski definition) is 5. The summed E-state index contributed by atoms with van der Waals surface area (Å²) in [4.78, 5) is 29.2. The predicted molar refractivity (Wildman–Crippen MR) is 109 cm³/mol. The third kappa shape index (κ3) is 5.82. The second kappa shape index (κ2) is 10.2. The van der Waals surface area contributed by atoms with Gasteiger partial charge in [-0.3, -0.25) is 4.79 Å². The molecule has 30 heavy (non-hydrogen) atoms. The molecule has 2 aliphatic rings. The lowest BCUT2D eigenvalue weighted by Gasteiger charge is -2.35. The Hall–Kier alpha value is -2.88. The van der Waals surface area contributed by atoms with Crippen LogP contribution in [0.1, 0.15) is 31.2 Å². The van der Waals surface area contributed by atoms with E-state index in [1.165, 1.54) is 6.07 Å². The van der Waals surface area contributed by atoms with Crippen molar-refractivity contribution >= 4 is 23.6 Å². The van der Waals surface area contributed by atoms with Gasteiger partial charge in [-0.15, -0.1) is 4.99 Å². The van der Waals surface area contributed by atoms with E-state index in [4.69, 9.17) is 20.9 Å². The molecule has 2 heterocycles. The van der Waals surface area contributed by atoms with Crippen LogP contribution in [0.15, 0.2) is 23.2 Å². The number of nitrogens with two attached hydrogens (primary N) is 2. The topological polar surface area (TPSA) is 132 Å². The number of hydrogen-bond donors (Lipinski definition) is 3. The summed E-state index contributed by atoms with van der Waals surface area (Å²) in [7, 11) is 0. The van der Waals surface area contributed by atoms with Gasteiger partial charge in [-0.2, -0.15) is 0 Å². The van der Waals surface area contributed by atoms with Gasteiger partial charge >= 0.3 is 6.09 Å². The molecular formula is C20H28FN5O4. The van der Waals surface area contributed by atoms with E-state index in [9.17, 15) is 14.0 Å². The Morgan fingerprint density at radius 1 is 1.20 bits per heavy atom. The standard InChI is InChI=1S/C20H28FN5O4/c21-17-14(12-30-20(28)25-19(22)23)2-1-3-16(17)24-15-4-8-26(9-5-15)18(27)13-6-10-29-11-7-13/h1-3,13,15,24H,4-12H2,(H4,22,23,25,28). The van der Waals surface area contributed by atoms with Gasteiger partial charge in [0.25, 0.3) is 0 Å². The molecule has 0 aliphatic carbocycles. The summed E-state index contributed by atoms with van der Waals surface area (Å²) < 4.78 is 25.0. The molecule has 2 amide bonds. The Kier molecular flexibility index (Phi) is 7.45. The normalized spacial score (nSPS) is 18.0. The van der Waals surface area contributed by atoms with E-state index in [1.54, 1.807) is 12.1 Å². The van der Waals surface area contributed by atoms with E-state index < -0.39 is 17.9 Å². The lowest BCUT2D eigenvalue weighted by atomic mass is 9.96. The Morgan fingerprint density at radius 2 is 1.90 bits per heavy atom. The first-order valence-corrected chi connectivity index (χ1v) is 10.1. The zero-order chi connectivity index (χ0) is 21.5. The number of guanidine groups is 1. The van der Waals surface area contributed by atoms with Crippen molar-refractivity contribution in [2.45, 2.75) is 38.3 Å². The van der Waals surface area contributed by atoms with Gasteiger partial charge in [0.05, 0.1) is 5.69 Å². The van der Waals surface area contributed by atoms with Gasteiger partial charge in [-0.1, -0.05) is 12.1 Å². The Morgan fingerprint density at radius 3 is 2.57 bits per heavy atom. The van der Waals surface area contributed by atoms with Crippen molar-refractivity contribution in [2.75, 3.05) is 31.6 Å². The molecular weight excluding hydrogens is 393 g/mol.